The Balaban J connectivity index is 1.44. The van der Waals surface area contributed by atoms with Gasteiger partial charge in [-0.05, 0) is 69.1 Å². The number of amides is 1. The molecule has 1 saturated heterocycles. The molecule has 4 rings (SSSR count). The highest BCUT2D eigenvalue weighted by atomic mass is 16.2. The molecule has 124 valence electrons. The van der Waals surface area contributed by atoms with Crippen molar-refractivity contribution in [3.05, 3.63) is 0 Å². The van der Waals surface area contributed by atoms with Gasteiger partial charge in [-0.3, -0.25) is 4.79 Å². The van der Waals surface area contributed by atoms with E-state index in [-0.39, 0.29) is 5.92 Å². The van der Waals surface area contributed by atoms with Crippen molar-refractivity contribution in [1.82, 2.24) is 4.90 Å². The Morgan fingerprint density at radius 2 is 1.45 bits per heavy atom. The summed E-state index contributed by atoms with van der Waals surface area (Å²) >= 11 is 0. The summed E-state index contributed by atoms with van der Waals surface area (Å²) in [6, 6.07) is 0.951. The van der Waals surface area contributed by atoms with Crippen molar-refractivity contribution >= 4 is 5.91 Å². The molecule has 22 heavy (non-hydrogen) atoms. The van der Waals surface area contributed by atoms with Crippen LogP contribution in [0, 0.1) is 23.7 Å². The molecule has 3 atom stereocenters. The largest absolute Gasteiger partial charge is 0.339 e. The Hall–Kier alpha value is -0.570. The lowest BCUT2D eigenvalue weighted by molar-refractivity contribution is -0.140. The van der Waals surface area contributed by atoms with Gasteiger partial charge < -0.3 is 10.6 Å². The third-order valence-electron chi connectivity index (χ3n) is 7.29. The van der Waals surface area contributed by atoms with Gasteiger partial charge in [-0.15, -0.1) is 0 Å². The predicted octanol–water partition coefficient (Wildman–Crippen LogP) is 3.32. The molecule has 0 aromatic heterocycles. The molecule has 0 aromatic rings. The highest BCUT2D eigenvalue weighted by molar-refractivity contribution is 5.79. The highest BCUT2D eigenvalue weighted by Crippen LogP contribution is 2.44. The molecule has 3 unspecified atom stereocenters. The molecule has 3 nitrogen and oxygen atoms in total. The quantitative estimate of drug-likeness (QED) is 0.850. The average Bonchev–Trinajstić information content (AvgIpc) is 3.17. The fraction of sp³-hybridized carbons (Fsp3) is 0.947. The number of carbonyl (C=O) groups is 1. The first-order chi connectivity index (χ1) is 10.7. The van der Waals surface area contributed by atoms with E-state index in [9.17, 15) is 4.79 Å². The van der Waals surface area contributed by atoms with E-state index in [4.69, 9.17) is 5.73 Å². The second-order valence-corrected chi connectivity index (χ2v) is 8.48. The number of fused-ring (bicyclic) bond motifs is 2. The van der Waals surface area contributed by atoms with Gasteiger partial charge in [0.1, 0.15) is 0 Å². The smallest absolute Gasteiger partial charge is 0.225 e. The van der Waals surface area contributed by atoms with E-state index < -0.39 is 0 Å². The lowest BCUT2D eigenvalue weighted by Gasteiger charge is -2.45. The van der Waals surface area contributed by atoms with Crippen molar-refractivity contribution in [2.45, 2.75) is 82.7 Å². The van der Waals surface area contributed by atoms with Crippen LogP contribution >= 0.6 is 0 Å². The molecule has 0 spiro atoms. The maximum atomic E-state index is 13.2. The second kappa shape index (κ2) is 6.14. The van der Waals surface area contributed by atoms with E-state index in [0.29, 0.717) is 29.8 Å². The molecule has 1 amide bonds. The van der Waals surface area contributed by atoms with Crippen LogP contribution in [-0.4, -0.2) is 29.4 Å². The van der Waals surface area contributed by atoms with Crippen molar-refractivity contribution in [2.24, 2.45) is 29.4 Å². The third kappa shape index (κ3) is 2.60. The zero-order valence-electron chi connectivity index (χ0n) is 13.9. The minimum atomic E-state index is 0.289. The van der Waals surface area contributed by atoms with E-state index in [1.807, 2.05) is 0 Å². The second-order valence-electron chi connectivity index (χ2n) is 8.48. The summed E-state index contributed by atoms with van der Waals surface area (Å²) < 4.78 is 0. The van der Waals surface area contributed by atoms with E-state index in [0.717, 1.165) is 25.3 Å². The van der Waals surface area contributed by atoms with Gasteiger partial charge in [0.2, 0.25) is 5.91 Å². The van der Waals surface area contributed by atoms with Gasteiger partial charge in [-0.25, -0.2) is 0 Å². The molecule has 4 aliphatic rings. The number of hydrogen-bond acceptors (Lipinski definition) is 2. The number of likely N-dealkylation sites (tertiary alicyclic amines) is 1. The summed E-state index contributed by atoms with van der Waals surface area (Å²) in [7, 11) is 0. The molecule has 1 aliphatic heterocycles. The van der Waals surface area contributed by atoms with Gasteiger partial charge in [-0.1, -0.05) is 19.3 Å². The minimum Gasteiger partial charge on any atom is -0.339 e. The molecule has 4 fully saturated rings. The van der Waals surface area contributed by atoms with Crippen LogP contribution in [0.4, 0.5) is 0 Å². The van der Waals surface area contributed by atoms with E-state index in [1.54, 1.807) is 0 Å². The summed E-state index contributed by atoms with van der Waals surface area (Å²) in [5.41, 5.74) is 6.40. The lowest BCUT2D eigenvalue weighted by atomic mass is 9.65. The maximum Gasteiger partial charge on any atom is 0.225 e. The summed E-state index contributed by atoms with van der Waals surface area (Å²) in [6.07, 6.45) is 14.0. The fourth-order valence-corrected chi connectivity index (χ4v) is 6.12. The van der Waals surface area contributed by atoms with Crippen molar-refractivity contribution in [3.63, 3.8) is 0 Å². The van der Waals surface area contributed by atoms with Gasteiger partial charge in [0.15, 0.2) is 0 Å². The Morgan fingerprint density at radius 1 is 0.818 bits per heavy atom. The van der Waals surface area contributed by atoms with Crippen LogP contribution in [0.2, 0.25) is 0 Å². The third-order valence-corrected chi connectivity index (χ3v) is 7.29. The highest BCUT2D eigenvalue weighted by Gasteiger charge is 2.44. The van der Waals surface area contributed by atoms with Gasteiger partial charge in [0.05, 0.1) is 0 Å². The number of hydrogen-bond donors (Lipinski definition) is 1. The Kier molecular flexibility index (Phi) is 4.19. The van der Waals surface area contributed by atoms with Crippen LogP contribution < -0.4 is 5.73 Å². The van der Waals surface area contributed by atoms with Crippen molar-refractivity contribution < 1.29 is 4.79 Å². The Labute approximate surface area is 135 Å². The van der Waals surface area contributed by atoms with E-state index in [2.05, 4.69) is 4.90 Å². The standard InChI is InChI=1S/C19H32N2O/c20-18-14-7-3-8-15(18)12-16(11-14)19(22)21-10-4-9-17(21)13-5-1-2-6-13/h13-18H,1-12,20H2. The molecule has 1 heterocycles. The minimum absolute atomic E-state index is 0.289. The van der Waals surface area contributed by atoms with E-state index >= 15 is 0 Å². The number of carbonyl (C=O) groups excluding carboxylic acids is 1. The fourth-order valence-electron chi connectivity index (χ4n) is 6.12. The Bertz CT molecular complexity index is 404. The van der Waals surface area contributed by atoms with Crippen molar-refractivity contribution in [2.75, 3.05) is 6.54 Å². The molecular weight excluding hydrogens is 272 g/mol. The monoisotopic (exact) mass is 304 g/mol. The predicted molar refractivity (Wildman–Crippen MR) is 88.2 cm³/mol. The van der Waals surface area contributed by atoms with Crippen LogP contribution in [0.25, 0.3) is 0 Å². The van der Waals surface area contributed by atoms with Crippen LogP contribution in [0.1, 0.15) is 70.6 Å². The summed E-state index contributed by atoms with van der Waals surface area (Å²) in [5.74, 6) is 2.83. The zero-order chi connectivity index (χ0) is 15.1. The van der Waals surface area contributed by atoms with Crippen molar-refractivity contribution in [3.8, 4) is 0 Å². The molecule has 3 aliphatic carbocycles. The van der Waals surface area contributed by atoms with Gasteiger partial charge >= 0.3 is 0 Å². The SMILES string of the molecule is NC1C2CCCC1CC(C(=O)N1CCCC1C1CCCC1)C2. The molecule has 2 N–H and O–H groups in total. The Morgan fingerprint density at radius 3 is 2.14 bits per heavy atom. The molecule has 3 heteroatoms. The van der Waals surface area contributed by atoms with Crippen LogP contribution in [0.15, 0.2) is 0 Å². The molecule has 0 aromatic carbocycles. The first-order valence-electron chi connectivity index (χ1n) is 9.80. The van der Waals surface area contributed by atoms with Crippen molar-refractivity contribution in [1.29, 1.82) is 0 Å². The molecule has 2 bridgehead atoms. The van der Waals surface area contributed by atoms with Crippen LogP contribution in [0.5, 0.6) is 0 Å². The van der Waals surface area contributed by atoms with Crippen LogP contribution in [-0.2, 0) is 4.79 Å². The van der Waals surface area contributed by atoms with Gasteiger partial charge in [-0.2, -0.15) is 0 Å². The average molecular weight is 304 g/mol. The maximum absolute atomic E-state index is 13.2. The normalized spacial score (nSPS) is 42.8. The summed E-state index contributed by atoms with van der Waals surface area (Å²) in [6.45, 7) is 1.03. The van der Waals surface area contributed by atoms with E-state index in [1.165, 1.54) is 57.8 Å². The number of rotatable bonds is 2. The molecule has 3 saturated carbocycles. The summed E-state index contributed by atoms with van der Waals surface area (Å²) in [4.78, 5) is 15.5. The first-order valence-corrected chi connectivity index (χ1v) is 9.80. The van der Waals surface area contributed by atoms with Crippen LogP contribution in [0.3, 0.4) is 0 Å². The summed E-state index contributed by atoms with van der Waals surface area (Å²) in [5, 5.41) is 0. The number of nitrogens with zero attached hydrogens (tertiary/aromatic N) is 1. The number of nitrogens with two attached hydrogens (primary N) is 1. The lowest BCUT2D eigenvalue weighted by Crippen LogP contribution is -2.51. The molecule has 0 radical (unpaired) electrons. The van der Waals surface area contributed by atoms with Gasteiger partial charge in [0.25, 0.3) is 0 Å². The topological polar surface area (TPSA) is 46.3 Å². The molecular formula is C19H32N2O. The van der Waals surface area contributed by atoms with Gasteiger partial charge in [0, 0.05) is 24.5 Å². The first kappa shape index (κ1) is 15.0. The zero-order valence-corrected chi connectivity index (χ0v) is 13.9.